The van der Waals surface area contributed by atoms with Crippen molar-refractivity contribution in [1.82, 2.24) is 16.2 Å². The molecule has 2 rings (SSSR count). The lowest BCUT2D eigenvalue weighted by Gasteiger charge is -2.08. The van der Waals surface area contributed by atoms with E-state index in [1.54, 1.807) is 42.5 Å². The van der Waals surface area contributed by atoms with Crippen molar-refractivity contribution in [2.24, 2.45) is 0 Å². The first-order valence-corrected chi connectivity index (χ1v) is 7.12. The zero-order chi connectivity index (χ0) is 16.7. The molecule has 0 atom stereocenters. The molecule has 0 heterocycles. The average molecular weight is 332 g/mol. The summed E-state index contributed by atoms with van der Waals surface area (Å²) in [6.45, 7) is -0.255. The third-order valence-electron chi connectivity index (χ3n) is 2.87. The van der Waals surface area contributed by atoms with Crippen molar-refractivity contribution >= 4 is 29.3 Å². The molecule has 7 heteroatoms. The van der Waals surface area contributed by atoms with E-state index in [0.717, 1.165) is 0 Å². The van der Waals surface area contributed by atoms with Gasteiger partial charge in [-0.2, -0.15) is 0 Å². The molecule has 0 fully saturated rings. The molecule has 0 saturated heterocycles. The highest BCUT2D eigenvalue weighted by Crippen LogP contribution is 2.08. The minimum atomic E-state index is -0.545. The molecule has 0 aliphatic carbocycles. The smallest absolute Gasteiger partial charge is 0.269 e. The molecule has 2 aromatic carbocycles. The summed E-state index contributed by atoms with van der Waals surface area (Å²) in [4.78, 5) is 35.1. The molecule has 3 amide bonds. The summed E-state index contributed by atoms with van der Waals surface area (Å²) in [5, 5.41) is 2.96. The Morgan fingerprint density at radius 1 is 0.783 bits per heavy atom. The molecule has 0 aliphatic rings. The number of nitrogens with one attached hydrogen (secondary N) is 3. The Labute approximate surface area is 137 Å². The Morgan fingerprint density at radius 2 is 1.39 bits per heavy atom. The number of hydrogen-bond donors (Lipinski definition) is 3. The van der Waals surface area contributed by atoms with E-state index in [0.29, 0.717) is 16.1 Å². The molecule has 0 aromatic heterocycles. The molecular formula is C16H14ClN3O3. The molecule has 0 radical (unpaired) electrons. The Kier molecular flexibility index (Phi) is 5.71. The van der Waals surface area contributed by atoms with Crippen LogP contribution in [0.15, 0.2) is 54.6 Å². The number of halogens is 1. The van der Waals surface area contributed by atoms with Gasteiger partial charge in [-0.05, 0) is 36.4 Å². The summed E-state index contributed by atoms with van der Waals surface area (Å²) in [5.74, 6) is -1.40. The first kappa shape index (κ1) is 16.5. The largest absolute Gasteiger partial charge is 0.343 e. The molecular weight excluding hydrogens is 318 g/mol. The number of carbonyl (C=O) groups excluding carboxylic acids is 3. The summed E-state index contributed by atoms with van der Waals surface area (Å²) in [6.07, 6.45) is 0. The maximum absolute atomic E-state index is 11.8. The van der Waals surface area contributed by atoms with Gasteiger partial charge in [0.1, 0.15) is 0 Å². The minimum Gasteiger partial charge on any atom is -0.343 e. The van der Waals surface area contributed by atoms with Crippen LogP contribution in [-0.2, 0) is 4.79 Å². The summed E-state index contributed by atoms with van der Waals surface area (Å²) in [5.41, 5.74) is 5.26. The van der Waals surface area contributed by atoms with Gasteiger partial charge in [-0.25, -0.2) is 0 Å². The van der Waals surface area contributed by atoms with Crippen LogP contribution < -0.4 is 16.2 Å². The summed E-state index contributed by atoms with van der Waals surface area (Å²) >= 11 is 5.72. The lowest BCUT2D eigenvalue weighted by atomic mass is 10.2. The van der Waals surface area contributed by atoms with E-state index in [1.807, 2.05) is 0 Å². The number of rotatable bonds is 4. The van der Waals surface area contributed by atoms with Gasteiger partial charge in [0.05, 0.1) is 6.54 Å². The standard InChI is InChI=1S/C16H14ClN3O3/c17-13-8-6-12(7-9-13)16(23)20-19-14(21)10-18-15(22)11-4-2-1-3-5-11/h1-9H,10H2,(H,18,22)(H,19,21)(H,20,23). The van der Waals surface area contributed by atoms with E-state index in [2.05, 4.69) is 16.2 Å². The SMILES string of the molecule is O=C(CNC(=O)c1ccccc1)NNC(=O)c1ccc(Cl)cc1. The Balaban J connectivity index is 1.76. The molecule has 0 unspecified atom stereocenters. The van der Waals surface area contributed by atoms with E-state index in [1.165, 1.54) is 12.1 Å². The van der Waals surface area contributed by atoms with Gasteiger partial charge in [0.2, 0.25) is 0 Å². The first-order chi connectivity index (χ1) is 11.1. The van der Waals surface area contributed by atoms with Gasteiger partial charge in [-0.3, -0.25) is 25.2 Å². The zero-order valence-electron chi connectivity index (χ0n) is 12.0. The molecule has 0 spiro atoms. The zero-order valence-corrected chi connectivity index (χ0v) is 12.8. The van der Waals surface area contributed by atoms with Crippen molar-refractivity contribution in [2.75, 3.05) is 6.54 Å². The van der Waals surface area contributed by atoms with Gasteiger partial charge in [0.25, 0.3) is 17.7 Å². The summed E-state index contributed by atoms with van der Waals surface area (Å²) in [7, 11) is 0. The van der Waals surface area contributed by atoms with Gasteiger partial charge < -0.3 is 5.32 Å². The average Bonchev–Trinajstić information content (AvgIpc) is 2.59. The number of carbonyl (C=O) groups is 3. The number of benzene rings is 2. The Bertz CT molecular complexity index is 702. The van der Waals surface area contributed by atoms with Crippen LogP contribution in [0.1, 0.15) is 20.7 Å². The van der Waals surface area contributed by atoms with Crippen LogP contribution in [0.25, 0.3) is 0 Å². The molecule has 0 bridgehead atoms. The molecule has 2 aromatic rings. The van der Waals surface area contributed by atoms with Crippen molar-refractivity contribution in [1.29, 1.82) is 0 Å². The van der Waals surface area contributed by atoms with Crippen molar-refractivity contribution < 1.29 is 14.4 Å². The normalized spacial score (nSPS) is 9.78. The van der Waals surface area contributed by atoms with Crippen molar-refractivity contribution in [3.8, 4) is 0 Å². The van der Waals surface area contributed by atoms with Gasteiger partial charge in [0, 0.05) is 16.1 Å². The predicted molar refractivity (Wildman–Crippen MR) is 85.8 cm³/mol. The number of hydrazine groups is 1. The Hall–Kier alpha value is -2.86. The van der Waals surface area contributed by atoms with Gasteiger partial charge >= 0.3 is 0 Å². The number of amides is 3. The first-order valence-electron chi connectivity index (χ1n) is 6.74. The molecule has 23 heavy (non-hydrogen) atoms. The van der Waals surface area contributed by atoms with Crippen molar-refractivity contribution in [3.63, 3.8) is 0 Å². The fourth-order valence-electron chi connectivity index (χ4n) is 1.70. The Morgan fingerprint density at radius 3 is 2.04 bits per heavy atom. The third-order valence-corrected chi connectivity index (χ3v) is 3.12. The quantitative estimate of drug-likeness (QED) is 0.742. The van der Waals surface area contributed by atoms with E-state index in [4.69, 9.17) is 11.6 Å². The maximum Gasteiger partial charge on any atom is 0.269 e. The van der Waals surface area contributed by atoms with Crippen LogP contribution in [0.3, 0.4) is 0 Å². The van der Waals surface area contributed by atoms with E-state index in [9.17, 15) is 14.4 Å². The van der Waals surface area contributed by atoms with Crippen LogP contribution >= 0.6 is 11.6 Å². The number of hydrogen-bond acceptors (Lipinski definition) is 3. The fourth-order valence-corrected chi connectivity index (χ4v) is 1.82. The van der Waals surface area contributed by atoms with E-state index in [-0.39, 0.29) is 12.5 Å². The maximum atomic E-state index is 11.8. The lowest BCUT2D eigenvalue weighted by Crippen LogP contribution is -2.46. The van der Waals surface area contributed by atoms with E-state index < -0.39 is 11.8 Å². The highest BCUT2D eigenvalue weighted by Gasteiger charge is 2.09. The van der Waals surface area contributed by atoms with Gasteiger partial charge in [-0.15, -0.1) is 0 Å². The van der Waals surface area contributed by atoms with Gasteiger partial charge in [-0.1, -0.05) is 29.8 Å². The molecule has 118 valence electrons. The second-order valence-corrected chi connectivity index (χ2v) is 4.99. The van der Waals surface area contributed by atoms with Gasteiger partial charge in [0.15, 0.2) is 0 Å². The topological polar surface area (TPSA) is 87.3 Å². The minimum absolute atomic E-state index is 0.255. The third kappa shape index (κ3) is 5.12. The van der Waals surface area contributed by atoms with Crippen LogP contribution in [0.2, 0.25) is 5.02 Å². The monoisotopic (exact) mass is 331 g/mol. The fraction of sp³-hybridized carbons (Fsp3) is 0.0625. The molecule has 6 nitrogen and oxygen atoms in total. The highest BCUT2D eigenvalue weighted by molar-refractivity contribution is 6.30. The molecule has 0 aliphatic heterocycles. The van der Waals surface area contributed by atoms with Crippen molar-refractivity contribution in [2.45, 2.75) is 0 Å². The van der Waals surface area contributed by atoms with E-state index >= 15 is 0 Å². The van der Waals surface area contributed by atoms with Crippen LogP contribution in [0.5, 0.6) is 0 Å². The van der Waals surface area contributed by atoms with Crippen molar-refractivity contribution in [3.05, 3.63) is 70.7 Å². The second-order valence-electron chi connectivity index (χ2n) is 4.56. The van der Waals surface area contributed by atoms with Crippen LogP contribution in [0.4, 0.5) is 0 Å². The molecule has 0 saturated carbocycles. The summed E-state index contributed by atoms with van der Waals surface area (Å²) in [6, 6.07) is 14.7. The van der Waals surface area contributed by atoms with Crippen LogP contribution in [0, 0.1) is 0 Å². The lowest BCUT2D eigenvalue weighted by molar-refractivity contribution is -0.120. The van der Waals surface area contributed by atoms with Crippen LogP contribution in [-0.4, -0.2) is 24.3 Å². The summed E-state index contributed by atoms with van der Waals surface area (Å²) < 4.78 is 0. The predicted octanol–water partition coefficient (Wildman–Crippen LogP) is 1.53. The molecule has 3 N–H and O–H groups in total. The second kappa shape index (κ2) is 7.95. The highest BCUT2D eigenvalue weighted by atomic mass is 35.5.